The molecule has 4 heteroatoms. The minimum atomic E-state index is -0.916. The Morgan fingerprint density at radius 1 is 1.06 bits per heavy atom. The summed E-state index contributed by atoms with van der Waals surface area (Å²) in [5.41, 5.74) is -0.309. The largest absolute Gasteiger partial charge is 0.455 e. The Labute approximate surface area is 102 Å². The summed E-state index contributed by atoms with van der Waals surface area (Å²) in [6.45, 7) is 15.1. The molecule has 0 aliphatic heterocycles. The van der Waals surface area contributed by atoms with Crippen LogP contribution >= 0.6 is 0 Å². The lowest BCUT2D eigenvalue weighted by Crippen LogP contribution is -2.42. The van der Waals surface area contributed by atoms with Crippen LogP contribution in [0.1, 0.15) is 34.6 Å². The molecule has 0 rings (SSSR count). The molecule has 1 atom stereocenters. The van der Waals surface area contributed by atoms with Crippen molar-refractivity contribution in [3.05, 3.63) is 24.3 Å². The quantitative estimate of drug-likeness (QED) is 0.547. The van der Waals surface area contributed by atoms with Crippen LogP contribution in [0.3, 0.4) is 0 Å². The minimum Gasteiger partial charge on any atom is -0.455 e. The van der Waals surface area contributed by atoms with Crippen LogP contribution in [0.2, 0.25) is 0 Å². The zero-order valence-electron chi connectivity index (χ0n) is 11.1. The molecule has 4 nitrogen and oxygen atoms in total. The van der Waals surface area contributed by atoms with Crippen LogP contribution in [0.15, 0.2) is 24.3 Å². The van der Waals surface area contributed by atoms with Crippen molar-refractivity contribution in [3.63, 3.8) is 0 Å². The van der Waals surface area contributed by atoms with Gasteiger partial charge >= 0.3 is 11.9 Å². The fourth-order valence-corrected chi connectivity index (χ4v) is 0.812. The lowest BCUT2D eigenvalue weighted by atomic mass is 10.0. The Kier molecular flexibility index (Phi) is 5.13. The first-order valence-corrected chi connectivity index (χ1v) is 5.33. The monoisotopic (exact) mass is 240 g/mol. The van der Waals surface area contributed by atoms with Gasteiger partial charge in [-0.05, 0) is 34.6 Å². The number of esters is 2. The molecular weight excluding hydrogens is 220 g/mol. The van der Waals surface area contributed by atoms with Crippen molar-refractivity contribution in [1.29, 1.82) is 0 Å². The predicted molar refractivity (Wildman–Crippen MR) is 65.4 cm³/mol. The van der Waals surface area contributed by atoms with Crippen LogP contribution < -0.4 is 0 Å². The summed E-state index contributed by atoms with van der Waals surface area (Å²) in [5.74, 6) is -1.01. The van der Waals surface area contributed by atoms with Crippen molar-refractivity contribution in [2.75, 3.05) is 0 Å². The van der Waals surface area contributed by atoms with Crippen LogP contribution in [0, 0.1) is 0 Å². The Morgan fingerprint density at radius 3 is 1.82 bits per heavy atom. The van der Waals surface area contributed by atoms with Gasteiger partial charge in [0.2, 0.25) is 0 Å². The van der Waals surface area contributed by atoms with Gasteiger partial charge in [-0.25, -0.2) is 9.59 Å². The number of hydrogen-bond donors (Lipinski definition) is 0. The van der Waals surface area contributed by atoms with Crippen molar-refractivity contribution < 1.29 is 19.1 Å². The Balaban J connectivity index is 4.60. The molecule has 0 N–H and O–H groups in total. The topological polar surface area (TPSA) is 52.6 Å². The zero-order valence-corrected chi connectivity index (χ0v) is 11.1. The summed E-state index contributed by atoms with van der Waals surface area (Å²) in [6.07, 6.45) is -0.574. The van der Waals surface area contributed by atoms with Crippen LogP contribution in [0.5, 0.6) is 0 Å². The summed E-state index contributed by atoms with van der Waals surface area (Å²) in [6, 6.07) is 0. The first kappa shape index (κ1) is 15.4. The van der Waals surface area contributed by atoms with Crippen LogP contribution in [-0.2, 0) is 19.1 Å². The van der Waals surface area contributed by atoms with Gasteiger partial charge in [0.25, 0.3) is 0 Å². The highest BCUT2D eigenvalue weighted by Gasteiger charge is 2.33. The molecule has 0 saturated heterocycles. The van der Waals surface area contributed by atoms with Gasteiger partial charge in [0, 0.05) is 11.1 Å². The van der Waals surface area contributed by atoms with E-state index in [1.54, 1.807) is 34.6 Å². The summed E-state index contributed by atoms with van der Waals surface area (Å²) in [7, 11) is 0. The van der Waals surface area contributed by atoms with Crippen molar-refractivity contribution in [2.45, 2.75) is 46.3 Å². The number of rotatable bonds is 5. The van der Waals surface area contributed by atoms with Gasteiger partial charge in [0.15, 0.2) is 0 Å². The molecule has 0 spiro atoms. The smallest absolute Gasteiger partial charge is 0.333 e. The molecule has 0 fully saturated rings. The molecule has 0 aliphatic carbocycles. The second-order valence-electron chi connectivity index (χ2n) is 4.60. The van der Waals surface area contributed by atoms with Crippen molar-refractivity contribution in [2.24, 2.45) is 0 Å². The van der Waals surface area contributed by atoms with E-state index in [9.17, 15) is 9.59 Å². The molecule has 17 heavy (non-hydrogen) atoms. The number of ether oxygens (including phenoxy) is 2. The highest BCUT2D eigenvalue weighted by Crippen LogP contribution is 2.20. The van der Waals surface area contributed by atoms with E-state index in [2.05, 4.69) is 13.2 Å². The molecule has 96 valence electrons. The van der Waals surface area contributed by atoms with Gasteiger partial charge in [-0.2, -0.15) is 0 Å². The van der Waals surface area contributed by atoms with Crippen LogP contribution in [-0.4, -0.2) is 23.6 Å². The van der Waals surface area contributed by atoms with E-state index >= 15 is 0 Å². The van der Waals surface area contributed by atoms with E-state index in [0.717, 1.165) is 0 Å². The molecule has 0 aliphatic rings. The third-order valence-electron chi connectivity index (χ3n) is 2.32. The standard InChI is InChI=1S/C13H20O4/c1-8(2)11(14)16-10(5)13(6,7)17-12(15)9(3)4/h10H,1,3H2,2,4-7H3. The fourth-order valence-electron chi connectivity index (χ4n) is 0.812. The molecule has 0 heterocycles. The average Bonchev–Trinajstić information content (AvgIpc) is 2.16. The molecule has 0 radical (unpaired) electrons. The van der Waals surface area contributed by atoms with E-state index in [1.807, 2.05) is 0 Å². The first-order valence-electron chi connectivity index (χ1n) is 5.33. The first-order chi connectivity index (χ1) is 7.58. The molecular formula is C13H20O4. The predicted octanol–water partition coefficient (Wildman–Crippen LogP) is 2.39. The lowest BCUT2D eigenvalue weighted by Gasteiger charge is -2.31. The number of hydrogen-bond acceptors (Lipinski definition) is 4. The maximum absolute atomic E-state index is 11.4. The van der Waals surface area contributed by atoms with E-state index in [0.29, 0.717) is 11.1 Å². The van der Waals surface area contributed by atoms with Crippen molar-refractivity contribution in [1.82, 2.24) is 0 Å². The number of carbonyl (C=O) groups excluding carboxylic acids is 2. The third kappa shape index (κ3) is 4.85. The van der Waals surface area contributed by atoms with Gasteiger partial charge in [0.1, 0.15) is 11.7 Å². The lowest BCUT2D eigenvalue weighted by molar-refractivity contribution is -0.173. The van der Waals surface area contributed by atoms with Gasteiger partial charge in [-0.15, -0.1) is 0 Å². The third-order valence-corrected chi connectivity index (χ3v) is 2.32. The summed E-state index contributed by atoms with van der Waals surface area (Å²) >= 11 is 0. The van der Waals surface area contributed by atoms with E-state index in [1.165, 1.54) is 0 Å². The highest BCUT2D eigenvalue weighted by molar-refractivity contribution is 5.88. The normalized spacial score (nSPS) is 12.5. The molecule has 0 aromatic rings. The van der Waals surface area contributed by atoms with Gasteiger partial charge in [-0.3, -0.25) is 0 Å². The van der Waals surface area contributed by atoms with Gasteiger partial charge < -0.3 is 9.47 Å². The second-order valence-corrected chi connectivity index (χ2v) is 4.60. The molecule has 0 aromatic heterocycles. The summed E-state index contributed by atoms with van der Waals surface area (Å²) < 4.78 is 10.3. The van der Waals surface area contributed by atoms with Crippen LogP contribution in [0.25, 0.3) is 0 Å². The average molecular weight is 240 g/mol. The minimum absolute atomic E-state index is 0.302. The summed E-state index contributed by atoms with van der Waals surface area (Å²) in [5, 5.41) is 0. The number of carbonyl (C=O) groups is 2. The fraction of sp³-hybridized carbons (Fsp3) is 0.538. The van der Waals surface area contributed by atoms with Crippen molar-refractivity contribution in [3.8, 4) is 0 Å². The van der Waals surface area contributed by atoms with Gasteiger partial charge in [-0.1, -0.05) is 13.2 Å². The zero-order chi connectivity index (χ0) is 13.8. The van der Waals surface area contributed by atoms with E-state index < -0.39 is 23.6 Å². The Bertz CT molecular complexity index is 352. The maximum atomic E-state index is 11.4. The van der Waals surface area contributed by atoms with Crippen molar-refractivity contribution >= 4 is 11.9 Å². The molecule has 0 bridgehead atoms. The van der Waals surface area contributed by atoms with Crippen LogP contribution in [0.4, 0.5) is 0 Å². The highest BCUT2D eigenvalue weighted by atomic mass is 16.6. The van der Waals surface area contributed by atoms with E-state index in [-0.39, 0.29) is 0 Å². The second kappa shape index (κ2) is 5.66. The Hall–Kier alpha value is -1.58. The van der Waals surface area contributed by atoms with E-state index in [4.69, 9.17) is 9.47 Å². The molecule has 0 aromatic carbocycles. The van der Waals surface area contributed by atoms with Gasteiger partial charge in [0.05, 0.1) is 0 Å². The molecule has 0 amide bonds. The SMILES string of the molecule is C=C(C)C(=O)OC(C)C(C)(C)OC(=O)C(=C)C. The molecule has 0 saturated carbocycles. The summed E-state index contributed by atoms with van der Waals surface area (Å²) in [4.78, 5) is 22.7. The Morgan fingerprint density at radius 2 is 1.47 bits per heavy atom. The maximum Gasteiger partial charge on any atom is 0.333 e. The molecule has 1 unspecified atom stereocenters.